The van der Waals surface area contributed by atoms with Gasteiger partial charge in [-0.1, -0.05) is 35.5 Å². The van der Waals surface area contributed by atoms with Crippen molar-refractivity contribution in [2.24, 2.45) is 11.1 Å². The van der Waals surface area contributed by atoms with E-state index in [0.29, 0.717) is 37.2 Å². The number of halogens is 2. The number of benzene rings is 2. The number of oxime groups is 1. The molecule has 1 aliphatic heterocycles. The molecular formula is C21H22F2N2O3. The second kappa shape index (κ2) is 9.41. The Balaban J connectivity index is 1.59. The summed E-state index contributed by atoms with van der Waals surface area (Å²) in [5, 5.41) is 13.0. The summed E-state index contributed by atoms with van der Waals surface area (Å²) >= 11 is 0. The molecule has 0 bridgehead atoms. The highest BCUT2D eigenvalue weighted by Gasteiger charge is 2.24. The zero-order valence-corrected chi connectivity index (χ0v) is 15.4. The van der Waals surface area contributed by atoms with Gasteiger partial charge in [-0.25, -0.2) is 8.78 Å². The van der Waals surface area contributed by atoms with Crippen molar-refractivity contribution in [3.63, 3.8) is 0 Å². The highest BCUT2D eigenvalue weighted by molar-refractivity contribution is 5.90. The average Bonchev–Trinajstić information content (AvgIpc) is 2.69. The first-order valence-corrected chi connectivity index (χ1v) is 9.20. The van der Waals surface area contributed by atoms with E-state index in [4.69, 9.17) is 9.94 Å². The molecule has 1 saturated heterocycles. The molecule has 0 saturated carbocycles. The summed E-state index contributed by atoms with van der Waals surface area (Å²) in [5.41, 5.74) is 0.832. The van der Waals surface area contributed by atoms with Crippen molar-refractivity contribution in [1.82, 2.24) is 4.90 Å². The van der Waals surface area contributed by atoms with Crippen LogP contribution in [-0.2, 0) is 9.63 Å². The first-order chi connectivity index (χ1) is 13.6. The molecule has 7 heteroatoms. The molecule has 0 amide bonds. The zero-order valence-electron chi connectivity index (χ0n) is 15.4. The van der Waals surface area contributed by atoms with Gasteiger partial charge in [-0.2, -0.15) is 0 Å². The first kappa shape index (κ1) is 19.9. The molecule has 0 radical (unpaired) electrons. The van der Waals surface area contributed by atoms with E-state index in [1.54, 1.807) is 24.3 Å². The Morgan fingerprint density at radius 1 is 1.21 bits per heavy atom. The van der Waals surface area contributed by atoms with Crippen LogP contribution in [0.5, 0.6) is 0 Å². The van der Waals surface area contributed by atoms with E-state index in [0.717, 1.165) is 13.0 Å². The van der Waals surface area contributed by atoms with Crippen LogP contribution in [0, 0.1) is 17.6 Å². The molecule has 2 aromatic rings. The van der Waals surface area contributed by atoms with Crippen LogP contribution in [0.25, 0.3) is 11.1 Å². The summed E-state index contributed by atoms with van der Waals surface area (Å²) in [7, 11) is 0. The number of carboxylic acid groups (broad SMARTS) is 1. The maximum atomic E-state index is 14.1. The molecule has 0 spiro atoms. The molecule has 0 aliphatic carbocycles. The van der Waals surface area contributed by atoms with Crippen LogP contribution in [0.4, 0.5) is 8.78 Å². The monoisotopic (exact) mass is 388 g/mol. The maximum Gasteiger partial charge on any atom is 0.307 e. The van der Waals surface area contributed by atoms with Crippen molar-refractivity contribution in [1.29, 1.82) is 0 Å². The number of carbonyl (C=O) groups is 1. The van der Waals surface area contributed by atoms with E-state index >= 15 is 0 Å². The molecule has 1 atom stereocenters. The Morgan fingerprint density at radius 2 is 1.96 bits per heavy atom. The summed E-state index contributed by atoms with van der Waals surface area (Å²) in [6, 6.07) is 10.5. The summed E-state index contributed by atoms with van der Waals surface area (Å²) in [5.74, 6) is -2.37. The fourth-order valence-electron chi connectivity index (χ4n) is 3.37. The van der Waals surface area contributed by atoms with E-state index in [9.17, 15) is 13.6 Å². The van der Waals surface area contributed by atoms with E-state index in [-0.39, 0.29) is 11.5 Å². The number of nitrogens with zero attached hydrogens (tertiary/aromatic N) is 2. The van der Waals surface area contributed by atoms with E-state index < -0.39 is 17.6 Å². The van der Waals surface area contributed by atoms with Crippen molar-refractivity contribution < 1.29 is 23.5 Å². The van der Waals surface area contributed by atoms with Crippen molar-refractivity contribution in [2.45, 2.75) is 12.8 Å². The highest BCUT2D eigenvalue weighted by Crippen LogP contribution is 2.28. The second-order valence-corrected chi connectivity index (χ2v) is 6.73. The topological polar surface area (TPSA) is 62.1 Å². The van der Waals surface area contributed by atoms with Gasteiger partial charge in [0.1, 0.15) is 18.2 Å². The molecule has 5 nitrogen and oxygen atoms in total. The zero-order chi connectivity index (χ0) is 19.9. The second-order valence-electron chi connectivity index (χ2n) is 6.73. The van der Waals surface area contributed by atoms with Gasteiger partial charge in [-0.15, -0.1) is 0 Å². The molecule has 1 aliphatic rings. The van der Waals surface area contributed by atoms with Gasteiger partial charge in [0.15, 0.2) is 0 Å². The third-order valence-corrected chi connectivity index (χ3v) is 4.81. The number of hydrogen-bond donors (Lipinski definition) is 1. The average molecular weight is 388 g/mol. The SMILES string of the molecule is O=C(O)C1CCCN(CCO/N=C/c2ccccc2-c2c(F)cccc2F)C1. The van der Waals surface area contributed by atoms with Crippen LogP contribution in [-0.4, -0.2) is 48.4 Å². The van der Waals surface area contributed by atoms with E-state index in [1.807, 2.05) is 4.90 Å². The van der Waals surface area contributed by atoms with E-state index in [1.165, 1.54) is 24.4 Å². The number of likely N-dealkylation sites (tertiary alicyclic amines) is 1. The van der Waals surface area contributed by atoms with Gasteiger partial charge in [0.25, 0.3) is 0 Å². The minimum Gasteiger partial charge on any atom is -0.481 e. The number of aliphatic carboxylic acids is 1. The van der Waals surface area contributed by atoms with Gasteiger partial charge in [-0.05, 0) is 37.1 Å². The maximum absolute atomic E-state index is 14.1. The predicted molar refractivity (Wildman–Crippen MR) is 102 cm³/mol. The van der Waals surface area contributed by atoms with Crippen LogP contribution < -0.4 is 0 Å². The molecule has 1 unspecified atom stereocenters. The Hall–Kier alpha value is -2.80. The van der Waals surface area contributed by atoms with Crippen LogP contribution in [0.2, 0.25) is 0 Å². The van der Waals surface area contributed by atoms with Gasteiger partial charge in [0.05, 0.1) is 17.7 Å². The standard InChI is InChI=1S/C21H22F2N2O3/c22-18-8-3-9-19(23)20(18)17-7-2-1-5-15(17)13-24-28-12-11-25-10-4-6-16(14-25)21(26)27/h1-3,5,7-9,13,16H,4,6,10-12,14H2,(H,26,27)/b24-13+. The number of carboxylic acids is 1. The van der Waals surface area contributed by atoms with Crippen LogP contribution >= 0.6 is 0 Å². The summed E-state index contributed by atoms with van der Waals surface area (Å²) in [6.07, 6.45) is 2.98. The summed E-state index contributed by atoms with van der Waals surface area (Å²) in [4.78, 5) is 18.4. The summed E-state index contributed by atoms with van der Waals surface area (Å²) in [6.45, 7) is 2.23. The Labute approximate surface area is 162 Å². The predicted octanol–water partition coefficient (Wildman–Crippen LogP) is 3.78. The minimum absolute atomic E-state index is 0.0995. The minimum atomic E-state index is -0.763. The number of hydrogen-bond acceptors (Lipinski definition) is 4. The number of rotatable bonds is 7. The lowest BCUT2D eigenvalue weighted by molar-refractivity contribution is -0.143. The Kier molecular flexibility index (Phi) is 6.71. The summed E-state index contributed by atoms with van der Waals surface area (Å²) < 4.78 is 28.2. The van der Waals surface area contributed by atoms with E-state index in [2.05, 4.69) is 5.16 Å². The van der Waals surface area contributed by atoms with Gasteiger partial charge >= 0.3 is 5.97 Å². The highest BCUT2D eigenvalue weighted by atomic mass is 19.1. The van der Waals surface area contributed by atoms with Crippen molar-refractivity contribution in [2.75, 3.05) is 26.2 Å². The fourth-order valence-corrected chi connectivity index (χ4v) is 3.37. The molecule has 1 heterocycles. The smallest absolute Gasteiger partial charge is 0.307 e. The van der Waals surface area contributed by atoms with Gasteiger partial charge < -0.3 is 9.94 Å². The number of piperidine rings is 1. The molecule has 0 aromatic heterocycles. The van der Waals surface area contributed by atoms with Gasteiger partial charge in [-0.3, -0.25) is 9.69 Å². The lowest BCUT2D eigenvalue weighted by atomic mass is 9.98. The van der Waals surface area contributed by atoms with Crippen LogP contribution in [0.1, 0.15) is 18.4 Å². The molecule has 28 heavy (non-hydrogen) atoms. The molecule has 1 N–H and O–H groups in total. The Bertz CT molecular complexity index is 837. The third kappa shape index (κ3) is 4.92. The lowest BCUT2D eigenvalue weighted by Gasteiger charge is -2.29. The third-order valence-electron chi connectivity index (χ3n) is 4.81. The van der Waals surface area contributed by atoms with Gasteiger partial charge in [0, 0.05) is 18.7 Å². The van der Waals surface area contributed by atoms with Crippen LogP contribution in [0.3, 0.4) is 0 Å². The molecule has 2 aromatic carbocycles. The van der Waals surface area contributed by atoms with Gasteiger partial charge in [0.2, 0.25) is 0 Å². The quantitative estimate of drug-likeness (QED) is 0.446. The Morgan fingerprint density at radius 3 is 2.71 bits per heavy atom. The lowest BCUT2D eigenvalue weighted by Crippen LogP contribution is -2.40. The van der Waals surface area contributed by atoms with Crippen LogP contribution in [0.15, 0.2) is 47.6 Å². The largest absolute Gasteiger partial charge is 0.481 e. The molecular weight excluding hydrogens is 366 g/mol. The van der Waals surface area contributed by atoms with Crippen molar-refractivity contribution in [3.05, 3.63) is 59.7 Å². The molecule has 1 fully saturated rings. The first-order valence-electron chi connectivity index (χ1n) is 9.20. The molecule has 3 rings (SSSR count). The molecule has 148 valence electrons. The van der Waals surface area contributed by atoms with Crippen molar-refractivity contribution in [3.8, 4) is 11.1 Å². The van der Waals surface area contributed by atoms with Crippen molar-refractivity contribution >= 4 is 12.2 Å². The normalized spacial score (nSPS) is 17.7. The fraction of sp³-hybridized carbons (Fsp3) is 0.333.